The van der Waals surface area contributed by atoms with Crippen LogP contribution in [0.25, 0.3) is 11.3 Å². The summed E-state index contributed by atoms with van der Waals surface area (Å²) >= 11 is 1.37. The number of nitrogens with zero attached hydrogens (tertiary/aromatic N) is 2. The number of rotatable bonds is 5. The predicted molar refractivity (Wildman–Crippen MR) is 108 cm³/mol. The van der Waals surface area contributed by atoms with Crippen molar-refractivity contribution in [1.29, 1.82) is 0 Å². The van der Waals surface area contributed by atoms with Gasteiger partial charge in [-0.05, 0) is 49.6 Å². The number of aryl methyl sites for hydroxylation is 2. The Morgan fingerprint density at radius 3 is 2.37 bits per heavy atom. The highest BCUT2D eigenvalue weighted by Crippen LogP contribution is 2.31. The Morgan fingerprint density at radius 2 is 1.74 bits per heavy atom. The van der Waals surface area contributed by atoms with E-state index < -0.39 is 0 Å². The van der Waals surface area contributed by atoms with E-state index in [1.54, 1.807) is 31.5 Å². The highest BCUT2D eigenvalue weighted by Gasteiger charge is 2.13. The molecule has 138 valence electrons. The number of urea groups is 1. The second-order valence-electron chi connectivity index (χ2n) is 6.34. The number of thiazole rings is 1. The summed E-state index contributed by atoms with van der Waals surface area (Å²) in [5.41, 5.74) is 5.62. The quantitative estimate of drug-likeness (QED) is 0.678. The minimum Gasteiger partial charge on any atom is -0.308 e. The lowest BCUT2D eigenvalue weighted by atomic mass is 9.95. The molecule has 0 aliphatic rings. The van der Waals surface area contributed by atoms with E-state index in [-0.39, 0.29) is 11.8 Å². The molecular weight excluding hydrogens is 360 g/mol. The smallest absolute Gasteiger partial charge is 0.308 e. The molecule has 0 aliphatic carbocycles. The van der Waals surface area contributed by atoms with Crippen LogP contribution in [0.5, 0.6) is 0 Å². The molecule has 0 saturated heterocycles. The van der Waals surface area contributed by atoms with Crippen LogP contribution in [0, 0.1) is 13.8 Å². The Balaban J connectivity index is 1.75. The third-order valence-electron chi connectivity index (χ3n) is 3.96. The number of hydrogen-bond donors (Lipinski definition) is 2. The molecule has 3 rings (SSSR count). The topological polar surface area (TPSA) is 84.0 Å². The van der Waals surface area contributed by atoms with Gasteiger partial charge in [-0.2, -0.15) is 0 Å². The SMILES string of the molecule is CC(=O)Cc1cc(C)c(-c2csc(NC(=O)Nc3ccncc3)n2)c(C)c1. The van der Waals surface area contributed by atoms with Gasteiger partial charge in [-0.15, -0.1) is 11.3 Å². The first-order valence-corrected chi connectivity index (χ1v) is 9.34. The number of Topliss-reactive ketones (excluding diaryl/α,β-unsaturated/α-hetero) is 1. The summed E-state index contributed by atoms with van der Waals surface area (Å²) in [6.45, 7) is 5.61. The fourth-order valence-corrected chi connectivity index (χ4v) is 3.68. The number of nitrogens with one attached hydrogen (secondary N) is 2. The Bertz CT molecular complexity index is 960. The zero-order valence-corrected chi connectivity index (χ0v) is 16.2. The highest BCUT2D eigenvalue weighted by atomic mass is 32.1. The molecule has 1 aromatic carbocycles. The Morgan fingerprint density at radius 1 is 1.07 bits per heavy atom. The second-order valence-corrected chi connectivity index (χ2v) is 7.19. The zero-order valence-electron chi connectivity index (χ0n) is 15.4. The van der Waals surface area contributed by atoms with Gasteiger partial charge in [0.2, 0.25) is 0 Å². The standard InChI is InChI=1S/C20H20N4O2S/c1-12-8-15(10-14(3)25)9-13(2)18(12)17-11-27-20(23-17)24-19(26)22-16-4-6-21-7-5-16/h4-9,11H,10H2,1-3H3,(H2,21,22,23,24,26). The number of aromatic nitrogens is 2. The first-order valence-electron chi connectivity index (χ1n) is 8.46. The monoisotopic (exact) mass is 380 g/mol. The Labute approximate surface area is 161 Å². The van der Waals surface area contributed by atoms with Gasteiger partial charge in [0.25, 0.3) is 0 Å². The fourth-order valence-electron chi connectivity index (χ4n) is 2.99. The highest BCUT2D eigenvalue weighted by molar-refractivity contribution is 7.14. The Hall–Kier alpha value is -3.06. The average molecular weight is 380 g/mol. The summed E-state index contributed by atoms with van der Waals surface area (Å²) in [4.78, 5) is 31.9. The van der Waals surface area contributed by atoms with Crippen molar-refractivity contribution < 1.29 is 9.59 Å². The number of anilines is 2. The van der Waals surface area contributed by atoms with Crippen molar-refractivity contribution in [3.63, 3.8) is 0 Å². The minimum absolute atomic E-state index is 0.141. The number of amides is 2. The van der Waals surface area contributed by atoms with E-state index >= 15 is 0 Å². The van der Waals surface area contributed by atoms with E-state index in [2.05, 4.69) is 20.6 Å². The van der Waals surface area contributed by atoms with Gasteiger partial charge in [-0.3, -0.25) is 15.1 Å². The summed E-state index contributed by atoms with van der Waals surface area (Å²) in [5, 5.41) is 7.92. The molecule has 3 aromatic rings. The molecule has 2 N–H and O–H groups in total. The molecule has 0 saturated carbocycles. The van der Waals surface area contributed by atoms with Crippen LogP contribution in [0.15, 0.2) is 42.0 Å². The zero-order chi connectivity index (χ0) is 19.4. The van der Waals surface area contributed by atoms with Crippen LogP contribution < -0.4 is 10.6 Å². The van der Waals surface area contributed by atoms with Crippen molar-refractivity contribution in [1.82, 2.24) is 9.97 Å². The van der Waals surface area contributed by atoms with Crippen LogP contribution in [0.3, 0.4) is 0 Å². The number of ketones is 1. The van der Waals surface area contributed by atoms with Gasteiger partial charge in [0.05, 0.1) is 5.69 Å². The van der Waals surface area contributed by atoms with Gasteiger partial charge < -0.3 is 5.32 Å². The van der Waals surface area contributed by atoms with Gasteiger partial charge in [0, 0.05) is 35.4 Å². The van der Waals surface area contributed by atoms with E-state index in [1.807, 2.05) is 31.4 Å². The van der Waals surface area contributed by atoms with E-state index in [4.69, 9.17) is 0 Å². The number of carbonyl (C=O) groups excluding carboxylic acids is 2. The van der Waals surface area contributed by atoms with Crippen LogP contribution in [0.1, 0.15) is 23.6 Å². The molecule has 0 unspecified atom stereocenters. The number of carbonyl (C=O) groups is 2. The molecule has 2 amide bonds. The van der Waals surface area contributed by atoms with Gasteiger partial charge in [0.1, 0.15) is 5.78 Å². The summed E-state index contributed by atoms with van der Waals surface area (Å²) < 4.78 is 0. The summed E-state index contributed by atoms with van der Waals surface area (Å²) in [5.74, 6) is 0.141. The molecular formula is C20H20N4O2S. The maximum atomic E-state index is 12.1. The molecule has 0 atom stereocenters. The average Bonchev–Trinajstić information content (AvgIpc) is 3.02. The maximum Gasteiger partial charge on any atom is 0.325 e. The molecule has 0 bridgehead atoms. The molecule has 0 spiro atoms. The number of pyridine rings is 1. The van der Waals surface area contributed by atoms with E-state index in [0.29, 0.717) is 17.2 Å². The number of benzene rings is 1. The molecule has 0 aliphatic heterocycles. The van der Waals surface area contributed by atoms with Crippen molar-refractivity contribution >= 4 is 34.0 Å². The van der Waals surface area contributed by atoms with E-state index in [1.165, 1.54) is 11.3 Å². The van der Waals surface area contributed by atoms with Crippen molar-refractivity contribution in [2.45, 2.75) is 27.2 Å². The van der Waals surface area contributed by atoms with Gasteiger partial charge >= 0.3 is 6.03 Å². The molecule has 2 heterocycles. The maximum absolute atomic E-state index is 12.1. The van der Waals surface area contributed by atoms with Crippen molar-refractivity contribution in [2.24, 2.45) is 0 Å². The largest absolute Gasteiger partial charge is 0.325 e. The van der Waals surface area contributed by atoms with Crippen molar-refractivity contribution in [3.8, 4) is 11.3 Å². The van der Waals surface area contributed by atoms with Crippen molar-refractivity contribution in [3.05, 3.63) is 58.7 Å². The summed E-state index contributed by atoms with van der Waals surface area (Å²) in [6, 6.07) is 7.11. The molecule has 2 aromatic heterocycles. The Kier molecular flexibility index (Phi) is 5.61. The lowest BCUT2D eigenvalue weighted by Gasteiger charge is -2.10. The van der Waals surface area contributed by atoms with Crippen LogP contribution in [-0.2, 0) is 11.2 Å². The van der Waals surface area contributed by atoms with Gasteiger partial charge in [-0.25, -0.2) is 9.78 Å². The van der Waals surface area contributed by atoms with Gasteiger partial charge in [-0.1, -0.05) is 12.1 Å². The van der Waals surface area contributed by atoms with Crippen LogP contribution in [-0.4, -0.2) is 21.8 Å². The first kappa shape index (κ1) is 18.7. The summed E-state index contributed by atoms with van der Waals surface area (Å²) in [7, 11) is 0. The lowest BCUT2D eigenvalue weighted by molar-refractivity contribution is -0.116. The van der Waals surface area contributed by atoms with Crippen LogP contribution in [0.2, 0.25) is 0 Å². The van der Waals surface area contributed by atoms with Crippen molar-refractivity contribution in [2.75, 3.05) is 10.6 Å². The van der Waals surface area contributed by atoms with Gasteiger partial charge in [0.15, 0.2) is 5.13 Å². The van der Waals surface area contributed by atoms with E-state index in [0.717, 1.165) is 27.9 Å². The second kappa shape index (κ2) is 8.09. The summed E-state index contributed by atoms with van der Waals surface area (Å²) in [6.07, 6.45) is 3.65. The normalized spacial score (nSPS) is 10.5. The van der Waals surface area contributed by atoms with Crippen LogP contribution in [0.4, 0.5) is 15.6 Å². The first-order chi connectivity index (χ1) is 12.9. The minimum atomic E-state index is -0.354. The fraction of sp³-hybridized carbons (Fsp3) is 0.200. The lowest BCUT2D eigenvalue weighted by Crippen LogP contribution is -2.19. The predicted octanol–water partition coefficient (Wildman–Crippen LogP) is 4.60. The van der Waals surface area contributed by atoms with E-state index in [9.17, 15) is 9.59 Å². The molecule has 7 heteroatoms. The third kappa shape index (κ3) is 4.77. The number of hydrogen-bond acceptors (Lipinski definition) is 5. The molecule has 0 fully saturated rings. The molecule has 27 heavy (non-hydrogen) atoms. The third-order valence-corrected chi connectivity index (χ3v) is 4.72. The van der Waals surface area contributed by atoms with Crippen LogP contribution >= 0.6 is 11.3 Å². The molecule has 0 radical (unpaired) electrons. The molecule has 6 nitrogen and oxygen atoms in total.